The third-order valence-corrected chi connectivity index (χ3v) is 5.58. The molecule has 3 aromatic rings. The van der Waals surface area contributed by atoms with Gasteiger partial charge in [-0.15, -0.1) is 23.1 Å². The number of halogens is 1. The van der Waals surface area contributed by atoms with Crippen LogP contribution in [0, 0.1) is 0 Å². The van der Waals surface area contributed by atoms with Gasteiger partial charge in [-0.25, -0.2) is 4.79 Å². The molecule has 3 rings (SSSR count). The van der Waals surface area contributed by atoms with Crippen LogP contribution in [-0.4, -0.2) is 11.1 Å². The maximum Gasteiger partial charge on any atom is 0.346 e. The predicted octanol–water partition coefficient (Wildman–Crippen LogP) is 5.55. The van der Waals surface area contributed by atoms with E-state index in [1.165, 1.54) is 11.3 Å². The smallest absolute Gasteiger partial charge is 0.346 e. The largest absolute Gasteiger partial charge is 0.477 e. The maximum atomic E-state index is 11.4. The quantitative estimate of drug-likeness (QED) is 0.636. The molecule has 5 heteroatoms. The van der Waals surface area contributed by atoms with Crippen molar-refractivity contribution in [2.45, 2.75) is 10.6 Å². The second-order valence-electron chi connectivity index (χ2n) is 4.45. The lowest BCUT2D eigenvalue weighted by molar-refractivity contribution is 0.0701. The Balaban J connectivity index is 1.93. The van der Waals surface area contributed by atoms with E-state index in [9.17, 15) is 9.90 Å². The van der Waals surface area contributed by atoms with E-state index >= 15 is 0 Å². The molecule has 1 N–H and O–H groups in total. The first-order valence-corrected chi connectivity index (χ1v) is 8.45. The summed E-state index contributed by atoms with van der Waals surface area (Å²) in [6.07, 6.45) is 0. The van der Waals surface area contributed by atoms with Crippen LogP contribution >= 0.6 is 34.7 Å². The lowest BCUT2D eigenvalue weighted by atomic mass is 10.1. The van der Waals surface area contributed by atoms with Crippen LogP contribution in [0.1, 0.15) is 15.2 Å². The van der Waals surface area contributed by atoms with E-state index in [-0.39, 0.29) is 0 Å². The molecular formula is C16H11ClO2S2. The Morgan fingerprint density at radius 3 is 2.57 bits per heavy atom. The Labute approximate surface area is 135 Å². The fourth-order valence-electron chi connectivity index (χ4n) is 2.10. The number of thioether (sulfide) groups is 1. The van der Waals surface area contributed by atoms with E-state index in [1.807, 2.05) is 48.5 Å². The summed E-state index contributed by atoms with van der Waals surface area (Å²) in [7, 11) is 0. The molecule has 0 radical (unpaired) electrons. The zero-order chi connectivity index (χ0) is 14.8. The standard InChI is InChI=1S/C16H11ClO2S2/c17-10-5-7-11(8-6-10)20-9-13-12-3-1-2-4-14(12)21-15(13)16(18)19/h1-8H,9H2,(H,18,19). The molecule has 1 heterocycles. The lowest BCUT2D eigenvalue weighted by Crippen LogP contribution is -1.96. The molecule has 0 saturated carbocycles. The first-order valence-electron chi connectivity index (χ1n) is 6.27. The number of carbonyl (C=O) groups is 1. The summed E-state index contributed by atoms with van der Waals surface area (Å²) >= 11 is 8.82. The number of rotatable bonds is 4. The molecule has 0 amide bonds. The number of benzene rings is 2. The summed E-state index contributed by atoms with van der Waals surface area (Å²) in [4.78, 5) is 12.9. The van der Waals surface area contributed by atoms with Crippen molar-refractivity contribution in [1.29, 1.82) is 0 Å². The van der Waals surface area contributed by atoms with Crippen molar-refractivity contribution in [3.05, 3.63) is 64.0 Å². The Morgan fingerprint density at radius 2 is 1.86 bits per heavy atom. The summed E-state index contributed by atoms with van der Waals surface area (Å²) in [5.41, 5.74) is 0.892. The fraction of sp³-hybridized carbons (Fsp3) is 0.0625. The van der Waals surface area contributed by atoms with Crippen LogP contribution in [0.4, 0.5) is 0 Å². The second kappa shape index (κ2) is 6.10. The number of fused-ring (bicyclic) bond motifs is 1. The number of carboxylic acids is 1. The topological polar surface area (TPSA) is 37.3 Å². The SMILES string of the molecule is O=C(O)c1sc2ccccc2c1CSc1ccc(Cl)cc1. The number of carboxylic acid groups (broad SMARTS) is 1. The van der Waals surface area contributed by atoms with Crippen LogP contribution < -0.4 is 0 Å². The summed E-state index contributed by atoms with van der Waals surface area (Å²) in [6, 6.07) is 15.4. The van der Waals surface area contributed by atoms with Crippen LogP contribution in [0.3, 0.4) is 0 Å². The number of hydrogen-bond acceptors (Lipinski definition) is 3. The Bertz CT molecular complexity index is 794. The van der Waals surface area contributed by atoms with Crippen LogP contribution in [0.5, 0.6) is 0 Å². The van der Waals surface area contributed by atoms with Crippen molar-refractivity contribution < 1.29 is 9.90 Å². The van der Waals surface area contributed by atoms with Crippen LogP contribution in [-0.2, 0) is 5.75 Å². The van der Waals surface area contributed by atoms with Gasteiger partial charge in [0, 0.05) is 20.4 Å². The van der Waals surface area contributed by atoms with Gasteiger partial charge in [-0.05, 0) is 41.3 Å². The van der Waals surface area contributed by atoms with Gasteiger partial charge in [0.25, 0.3) is 0 Å². The fourth-order valence-corrected chi connectivity index (χ4v) is 4.32. The normalized spacial score (nSPS) is 10.9. The van der Waals surface area contributed by atoms with E-state index in [0.29, 0.717) is 15.7 Å². The first kappa shape index (κ1) is 14.4. The van der Waals surface area contributed by atoms with Gasteiger partial charge in [-0.1, -0.05) is 29.8 Å². The molecule has 0 spiro atoms. The van der Waals surface area contributed by atoms with Gasteiger partial charge in [0.1, 0.15) is 4.88 Å². The van der Waals surface area contributed by atoms with Crippen molar-refractivity contribution in [1.82, 2.24) is 0 Å². The monoisotopic (exact) mass is 334 g/mol. The summed E-state index contributed by atoms with van der Waals surface area (Å²) < 4.78 is 1.02. The van der Waals surface area contributed by atoms with Crippen molar-refractivity contribution in [2.75, 3.05) is 0 Å². The zero-order valence-corrected chi connectivity index (χ0v) is 13.3. The van der Waals surface area contributed by atoms with E-state index in [1.54, 1.807) is 11.8 Å². The van der Waals surface area contributed by atoms with Crippen molar-refractivity contribution in [3.8, 4) is 0 Å². The lowest BCUT2D eigenvalue weighted by Gasteiger charge is -2.03. The van der Waals surface area contributed by atoms with Crippen molar-refractivity contribution >= 4 is 50.8 Å². The average molecular weight is 335 g/mol. The maximum absolute atomic E-state index is 11.4. The van der Waals surface area contributed by atoms with E-state index < -0.39 is 5.97 Å². The van der Waals surface area contributed by atoms with Gasteiger partial charge < -0.3 is 5.11 Å². The molecule has 2 aromatic carbocycles. The molecule has 0 bridgehead atoms. The predicted molar refractivity (Wildman–Crippen MR) is 89.8 cm³/mol. The molecule has 0 saturated heterocycles. The van der Waals surface area contributed by atoms with Gasteiger partial charge in [-0.3, -0.25) is 0 Å². The average Bonchev–Trinajstić information content (AvgIpc) is 2.86. The van der Waals surface area contributed by atoms with Crippen molar-refractivity contribution in [2.24, 2.45) is 0 Å². The van der Waals surface area contributed by atoms with Gasteiger partial charge in [0.05, 0.1) is 0 Å². The molecule has 1 aromatic heterocycles. The minimum absolute atomic E-state index is 0.428. The number of hydrogen-bond donors (Lipinski definition) is 1. The highest BCUT2D eigenvalue weighted by atomic mass is 35.5. The molecule has 0 unspecified atom stereocenters. The highest BCUT2D eigenvalue weighted by molar-refractivity contribution is 7.98. The summed E-state index contributed by atoms with van der Waals surface area (Å²) in [6.45, 7) is 0. The highest BCUT2D eigenvalue weighted by Gasteiger charge is 2.17. The van der Waals surface area contributed by atoms with Crippen LogP contribution in [0.2, 0.25) is 5.02 Å². The van der Waals surface area contributed by atoms with Crippen LogP contribution in [0.15, 0.2) is 53.4 Å². The third kappa shape index (κ3) is 3.07. The molecule has 21 heavy (non-hydrogen) atoms. The minimum Gasteiger partial charge on any atom is -0.477 e. The molecule has 106 valence electrons. The number of thiophene rings is 1. The molecule has 0 aliphatic carbocycles. The molecule has 0 aliphatic heterocycles. The van der Waals surface area contributed by atoms with Crippen molar-refractivity contribution in [3.63, 3.8) is 0 Å². The van der Waals surface area contributed by atoms with E-state index in [2.05, 4.69) is 0 Å². The van der Waals surface area contributed by atoms with Gasteiger partial charge in [0.15, 0.2) is 0 Å². The molecular weight excluding hydrogens is 324 g/mol. The summed E-state index contributed by atoms with van der Waals surface area (Å²) in [5.74, 6) is -0.226. The first-order chi connectivity index (χ1) is 10.1. The van der Waals surface area contributed by atoms with Gasteiger partial charge >= 0.3 is 5.97 Å². The number of aromatic carboxylic acids is 1. The second-order valence-corrected chi connectivity index (χ2v) is 6.99. The molecule has 2 nitrogen and oxygen atoms in total. The minimum atomic E-state index is -0.858. The Hall–Kier alpha value is -1.49. The Morgan fingerprint density at radius 1 is 1.14 bits per heavy atom. The third-order valence-electron chi connectivity index (χ3n) is 3.09. The molecule has 0 fully saturated rings. The zero-order valence-electron chi connectivity index (χ0n) is 10.9. The molecule has 0 atom stereocenters. The van der Waals surface area contributed by atoms with Crippen LogP contribution in [0.25, 0.3) is 10.1 Å². The van der Waals surface area contributed by atoms with E-state index in [0.717, 1.165) is 20.5 Å². The van der Waals surface area contributed by atoms with Gasteiger partial charge in [-0.2, -0.15) is 0 Å². The van der Waals surface area contributed by atoms with Gasteiger partial charge in [0.2, 0.25) is 0 Å². The Kier molecular flexibility index (Phi) is 4.19. The summed E-state index contributed by atoms with van der Waals surface area (Å²) in [5, 5.41) is 11.1. The van der Waals surface area contributed by atoms with E-state index in [4.69, 9.17) is 11.6 Å². The molecule has 0 aliphatic rings. The highest BCUT2D eigenvalue weighted by Crippen LogP contribution is 2.35.